The van der Waals surface area contributed by atoms with Gasteiger partial charge in [-0.05, 0) is 64.0 Å². The summed E-state index contributed by atoms with van der Waals surface area (Å²) in [5.74, 6) is 0. The molecule has 0 amide bonds. The third-order valence-corrected chi connectivity index (χ3v) is 4.19. The summed E-state index contributed by atoms with van der Waals surface area (Å²) < 4.78 is 2.35. The molecule has 3 heteroatoms. The lowest BCUT2D eigenvalue weighted by atomic mass is 10.1. The first-order chi connectivity index (χ1) is 9.33. The SMILES string of the molecule is CCCC(NC)c1ccn(CCCN2CCCC2)c1. The van der Waals surface area contributed by atoms with Crippen molar-refractivity contribution < 1.29 is 0 Å². The second kappa shape index (κ2) is 7.71. The van der Waals surface area contributed by atoms with E-state index in [4.69, 9.17) is 0 Å². The van der Waals surface area contributed by atoms with Gasteiger partial charge in [0.05, 0.1) is 0 Å². The molecular weight excluding hydrogens is 234 g/mol. The fraction of sp³-hybridized carbons (Fsp3) is 0.750. The Kier molecular flexibility index (Phi) is 5.93. The Bertz CT molecular complexity index is 353. The second-order valence-corrected chi connectivity index (χ2v) is 5.71. The molecule has 0 spiro atoms. The number of aryl methyl sites for hydroxylation is 1. The minimum Gasteiger partial charge on any atom is -0.354 e. The summed E-state index contributed by atoms with van der Waals surface area (Å²) in [6.07, 6.45) is 11.1. The quantitative estimate of drug-likeness (QED) is 0.778. The molecule has 1 atom stereocenters. The number of aromatic nitrogens is 1. The van der Waals surface area contributed by atoms with Crippen LogP contribution in [0.2, 0.25) is 0 Å². The monoisotopic (exact) mass is 263 g/mol. The minimum atomic E-state index is 0.518. The molecule has 1 unspecified atom stereocenters. The Morgan fingerprint density at radius 2 is 2.05 bits per heavy atom. The third-order valence-electron chi connectivity index (χ3n) is 4.19. The fourth-order valence-electron chi connectivity index (χ4n) is 3.05. The van der Waals surface area contributed by atoms with Crippen molar-refractivity contribution in [3.8, 4) is 0 Å². The van der Waals surface area contributed by atoms with E-state index < -0.39 is 0 Å². The molecule has 1 N–H and O–H groups in total. The average Bonchev–Trinajstić information content (AvgIpc) is 3.07. The lowest BCUT2D eigenvalue weighted by Gasteiger charge is -2.15. The molecule has 0 radical (unpaired) electrons. The molecule has 19 heavy (non-hydrogen) atoms. The van der Waals surface area contributed by atoms with Gasteiger partial charge in [0.25, 0.3) is 0 Å². The van der Waals surface area contributed by atoms with Gasteiger partial charge in [-0.25, -0.2) is 0 Å². The molecule has 1 fully saturated rings. The van der Waals surface area contributed by atoms with Gasteiger partial charge in [-0.15, -0.1) is 0 Å². The topological polar surface area (TPSA) is 20.2 Å². The summed E-state index contributed by atoms with van der Waals surface area (Å²) in [6.45, 7) is 7.29. The van der Waals surface area contributed by atoms with Crippen LogP contribution in [0.3, 0.4) is 0 Å². The van der Waals surface area contributed by atoms with Crippen LogP contribution in [0.1, 0.15) is 50.6 Å². The van der Waals surface area contributed by atoms with Crippen LogP contribution >= 0.6 is 0 Å². The van der Waals surface area contributed by atoms with Gasteiger partial charge >= 0.3 is 0 Å². The van der Waals surface area contributed by atoms with Crippen LogP contribution < -0.4 is 5.32 Å². The molecule has 0 bridgehead atoms. The van der Waals surface area contributed by atoms with Crippen LogP contribution in [0, 0.1) is 0 Å². The molecule has 1 aromatic heterocycles. The van der Waals surface area contributed by atoms with Gasteiger partial charge in [0, 0.05) is 25.0 Å². The highest BCUT2D eigenvalue weighted by atomic mass is 15.1. The van der Waals surface area contributed by atoms with Crippen LogP contribution in [0.25, 0.3) is 0 Å². The van der Waals surface area contributed by atoms with E-state index in [1.165, 1.54) is 57.3 Å². The van der Waals surface area contributed by atoms with Crippen LogP contribution in [0.5, 0.6) is 0 Å². The van der Waals surface area contributed by atoms with E-state index in [0.717, 1.165) is 6.54 Å². The molecule has 1 aliphatic heterocycles. The molecule has 1 saturated heterocycles. The molecule has 1 aliphatic rings. The summed E-state index contributed by atoms with van der Waals surface area (Å²) in [7, 11) is 2.06. The van der Waals surface area contributed by atoms with E-state index in [1.54, 1.807) is 0 Å². The lowest BCUT2D eigenvalue weighted by Crippen LogP contribution is -2.21. The zero-order chi connectivity index (χ0) is 13.5. The Morgan fingerprint density at radius 3 is 2.74 bits per heavy atom. The molecule has 2 heterocycles. The van der Waals surface area contributed by atoms with Crippen LogP contribution in [0.4, 0.5) is 0 Å². The molecule has 0 saturated carbocycles. The molecular formula is C16H29N3. The molecule has 108 valence electrons. The largest absolute Gasteiger partial charge is 0.354 e. The summed E-state index contributed by atoms with van der Waals surface area (Å²) in [5.41, 5.74) is 1.44. The Morgan fingerprint density at radius 1 is 1.26 bits per heavy atom. The van der Waals surface area contributed by atoms with E-state index in [9.17, 15) is 0 Å². The van der Waals surface area contributed by atoms with E-state index in [0.29, 0.717) is 6.04 Å². The predicted octanol–water partition coefficient (Wildman–Crippen LogP) is 3.03. The lowest BCUT2D eigenvalue weighted by molar-refractivity contribution is 0.325. The van der Waals surface area contributed by atoms with Crippen LogP contribution in [-0.2, 0) is 6.54 Å². The van der Waals surface area contributed by atoms with E-state index in [1.807, 2.05) is 0 Å². The maximum Gasteiger partial charge on any atom is 0.0332 e. The van der Waals surface area contributed by atoms with Crippen LogP contribution in [0.15, 0.2) is 18.5 Å². The normalized spacial score (nSPS) is 18.0. The maximum atomic E-state index is 3.41. The van der Waals surface area contributed by atoms with Gasteiger partial charge in [-0.3, -0.25) is 0 Å². The predicted molar refractivity (Wildman–Crippen MR) is 81.4 cm³/mol. The number of nitrogens with one attached hydrogen (secondary N) is 1. The minimum absolute atomic E-state index is 0.518. The molecule has 1 aromatic rings. The van der Waals surface area contributed by atoms with Crippen molar-refractivity contribution in [2.45, 2.75) is 51.6 Å². The Balaban J connectivity index is 1.76. The van der Waals surface area contributed by atoms with Crippen LogP contribution in [-0.4, -0.2) is 36.1 Å². The van der Waals surface area contributed by atoms with Crippen molar-refractivity contribution in [1.29, 1.82) is 0 Å². The third kappa shape index (κ3) is 4.36. The van der Waals surface area contributed by atoms with E-state index in [2.05, 4.69) is 47.2 Å². The van der Waals surface area contributed by atoms with Gasteiger partial charge in [0.1, 0.15) is 0 Å². The first-order valence-corrected chi connectivity index (χ1v) is 7.88. The molecule has 0 aliphatic carbocycles. The first-order valence-electron chi connectivity index (χ1n) is 7.88. The van der Waals surface area contributed by atoms with Gasteiger partial charge in [-0.2, -0.15) is 0 Å². The highest BCUT2D eigenvalue weighted by Gasteiger charge is 2.11. The second-order valence-electron chi connectivity index (χ2n) is 5.71. The first kappa shape index (κ1) is 14.6. The van der Waals surface area contributed by atoms with Gasteiger partial charge in [-0.1, -0.05) is 13.3 Å². The zero-order valence-electron chi connectivity index (χ0n) is 12.6. The van der Waals surface area contributed by atoms with Gasteiger partial charge in [0.15, 0.2) is 0 Å². The standard InChI is InChI=1S/C16H29N3/c1-3-7-16(17-2)15-8-13-19(14-15)12-6-11-18-9-4-5-10-18/h8,13-14,16-17H,3-7,9-12H2,1-2H3. The Labute approximate surface area is 118 Å². The molecule has 3 nitrogen and oxygen atoms in total. The molecule has 2 rings (SSSR count). The van der Waals surface area contributed by atoms with Crippen molar-refractivity contribution in [3.63, 3.8) is 0 Å². The van der Waals surface area contributed by atoms with E-state index in [-0.39, 0.29) is 0 Å². The van der Waals surface area contributed by atoms with Crippen molar-refractivity contribution in [2.75, 3.05) is 26.7 Å². The number of hydrogen-bond acceptors (Lipinski definition) is 2. The zero-order valence-corrected chi connectivity index (χ0v) is 12.6. The Hall–Kier alpha value is -0.800. The summed E-state index contributed by atoms with van der Waals surface area (Å²) in [4.78, 5) is 2.60. The average molecular weight is 263 g/mol. The van der Waals surface area contributed by atoms with Crippen molar-refractivity contribution >= 4 is 0 Å². The maximum absolute atomic E-state index is 3.41. The van der Waals surface area contributed by atoms with Gasteiger partial charge < -0.3 is 14.8 Å². The summed E-state index contributed by atoms with van der Waals surface area (Å²) >= 11 is 0. The van der Waals surface area contributed by atoms with Crippen molar-refractivity contribution in [3.05, 3.63) is 24.0 Å². The smallest absolute Gasteiger partial charge is 0.0332 e. The highest BCUT2D eigenvalue weighted by molar-refractivity contribution is 5.15. The summed E-state index contributed by atoms with van der Waals surface area (Å²) in [5, 5.41) is 3.41. The number of hydrogen-bond donors (Lipinski definition) is 1. The number of likely N-dealkylation sites (tertiary alicyclic amines) is 1. The van der Waals surface area contributed by atoms with Crippen molar-refractivity contribution in [1.82, 2.24) is 14.8 Å². The van der Waals surface area contributed by atoms with E-state index >= 15 is 0 Å². The summed E-state index contributed by atoms with van der Waals surface area (Å²) in [6, 6.07) is 2.79. The fourth-order valence-corrected chi connectivity index (χ4v) is 3.05. The van der Waals surface area contributed by atoms with Gasteiger partial charge in [0.2, 0.25) is 0 Å². The highest BCUT2D eigenvalue weighted by Crippen LogP contribution is 2.18. The number of nitrogens with zero attached hydrogens (tertiary/aromatic N) is 2. The number of rotatable bonds is 8. The van der Waals surface area contributed by atoms with Crippen molar-refractivity contribution in [2.24, 2.45) is 0 Å². The molecule has 0 aromatic carbocycles.